The monoisotopic (exact) mass is 450 g/mol. The van der Waals surface area contributed by atoms with Crippen molar-refractivity contribution in [2.45, 2.75) is 38.6 Å². The number of nitrogens with zero attached hydrogens (tertiary/aromatic N) is 6. The quantitative estimate of drug-likeness (QED) is 0.411. The van der Waals surface area contributed by atoms with Gasteiger partial charge in [0.05, 0.1) is 11.1 Å². The highest BCUT2D eigenvalue weighted by Gasteiger charge is 2.38. The van der Waals surface area contributed by atoms with Gasteiger partial charge >= 0.3 is 0 Å². The number of hydrogen-bond acceptors (Lipinski definition) is 6. The van der Waals surface area contributed by atoms with Crippen LogP contribution in [0.3, 0.4) is 0 Å². The lowest BCUT2D eigenvalue weighted by Crippen LogP contribution is -2.30. The van der Waals surface area contributed by atoms with Gasteiger partial charge in [-0.1, -0.05) is 18.2 Å². The molecular formula is C26H22N6O2. The topological polar surface area (TPSA) is 93.9 Å². The van der Waals surface area contributed by atoms with Gasteiger partial charge in [0.15, 0.2) is 5.82 Å². The minimum absolute atomic E-state index is 0.140. The Morgan fingerprint density at radius 2 is 1.74 bits per heavy atom. The summed E-state index contributed by atoms with van der Waals surface area (Å²) in [6.07, 6.45) is 5.87. The molecule has 0 radical (unpaired) electrons. The molecule has 2 amide bonds. The van der Waals surface area contributed by atoms with Gasteiger partial charge in [-0.2, -0.15) is 0 Å². The van der Waals surface area contributed by atoms with Crippen molar-refractivity contribution in [1.29, 1.82) is 0 Å². The summed E-state index contributed by atoms with van der Waals surface area (Å²) < 4.78 is 1.89. The van der Waals surface area contributed by atoms with Gasteiger partial charge in [-0.05, 0) is 62.6 Å². The van der Waals surface area contributed by atoms with Crippen molar-refractivity contribution in [2.75, 3.05) is 4.90 Å². The molecule has 168 valence electrons. The molecular weight excluding hydrogens is 428 g/mol. The van der Waals surface area contributed by atoms with Crippen LogP contribution in [0.4, 0.5) is 5.82 Å². The fourth-order valence-corrected chi connectivity index (χ4v) is 4.30. The summed E-state index contributed by atoms with van der Waals surface area (Å²) in [5.41, 5.74) is 4.16. The van der Waals surface area contributed by atoms with Gasteiger partial charge in [0.25, 0.3) is 11.8 Å². The third-order valence-corrected chi connectivity index (χ3v) is 6.32. The van der Waals surface area contributed by atoms with Crippen molar-refractivity contribution in [3.8, 4) is 22.6 Å². The lowest BCUT2D eigenvalue weighted by atomic mass is 10.0. The van der Waals surface area contributed by atoms with Gasteiger partial charge in [-0.3, -0.25) is 14.6 Å². The summed E-state index contributed by atoms with van der Waals surface area (Å²) in [6.45, 7) is 4.04. The first-order chi connectivity index (χ1) is 16.5. The van der Waals surface area contributed by atoms with E-state index in [2.05, 4.69) is 20.2 Å². The number of anilines is 1. The van der Waals surface area contributed by atoms with E-state index in [1.807, 2.05) is 42.8 Å². The van der Waals surface area contributed by atoms with E-state index in [1.165, 1.54) is 12.8 Å². The number of imide groups is 1. The first-order valence-corrected chi connectivity index (χ1v) is 11.4. The molecule has 1 aliphatic carbocycles. The second kappa shape index (κ2) is 7.69. The maximum atomic E-state index is 13.3. The molecule has 6 rings (SSSR count). The fraction of sp³-hybridized carbons (Fsp3) is 0.231. The molecule has 0 saturated heterocycles. The molecule has 4 heterocycles. The molecule has 4 aromatic rings. The lowest BCUT2D eigenvalue weighted by Gasteiger charge is -2.14. The van der Waals surface area contributed by atoms with E-state index in [1.54, 1.807) is 36.7 Å². The average molecular weight is 451 g/mol. The summed E-state index contributed by atoms with van der Waals surface area (Å²) in [4.78, 5) is 36.8. The Morgan fingerprint density at radius 3 is 2.47 bits per heavy atom. The summed E-state index contributed by atoms with van der Waals surface area (Å²) >= 11 is 0. The molecule has 0 unspecified atom stereocenters. The van der Waals surface area contributed by atoms with Crippen molar-refractivity contribution in [1.82, 2.24) is 24.7 Å². The molecule has 34 heavy (non-hydrogen) atoms. The Bertz CT molecular complexity index is 1440. The molecule has 1 aliphatic heterocycles. The van der Waals surface area contributed by atoms with Crippen LogP contribution >= 0.6 is 0 Å². The molecule has 2 aliphatic rings. The number of amides is 2. The van der Waals surface area contributed by atoms with E-state index < -0.39 is 0 Å². The number of aromatic nitrogens is 5. The van der Waals surface area contributed by atoms with E-state index in [0.717, 1.165) is 21.7 Å². The normalized spacial score (nSPS) is 15.3. The maximum Gasteiger partial charge on any atom is 0.267 e. The zero-order chi connectivity index (χ0) is 23.4. The molecule has 8 nitrogen and oxygen atoms in total. The number of carbonyl (C=O) groups is 2. The Morgan fingerprint density at radius 1 is 0.941 bits per heavy atom. The highest BCUT2D eigenvalue weighted by molar-refractivity contribution is 6.34. The van der Waals surface area contributed by atoms with Crippen LogP contribution < -0.4 is 4.90 Å². The highest BCUT2D eigenvalue weighted by atomic mass is 16.2. The average Bonchev–Trinajstić information content (AvgIpc) is 3.53. The molecule has 1 aromatic carbocycles. The smallest absolute Gasteiger partial charge is 0.267 e. The van der Waals surface area contributed by atoms with Crippen molar-refractivity contribution >= 4 is 17.6 Å². The zero-order valence-corrected chi connectivity index (χ0v) is 18.8. The molecule has 0 bridgehead atoms. The minimum Gasteiger partial charge on any atom is -0.310 e. The highest BCUT2D eigenvalue weighted by Crippen LogP contribution is 2.39. The second-order valence-corrected chi connectivity index (χ2v) is 8.99. The number of fused-ring (bicyclic) bond motifs is 1. The molecule has 1 saturated carbocycles. The van der Waals surface area contributed by atoms with Crippen molar-refractivity contribution < 1.29 is 9.59 Å². The van der Waals surface area contributed by atoms with E-state index in [9.17, 15) is 9.59 Å². The van der Waals surface area contributed by atoms with Crippen LogP contribution in [0, 0.1) is 0 Å². The summed E-state index contributed by atoms with van der Waals surface area (Å²) in [5, 5.41) is 8.16. The Balaban J connectivity index is 1.33. The summed E-state index contributed by atoms with van der Waals surface area (Å²) in [7, 11) is 0. The van der Waals surface area contributed by atoms with E-state index >= 15 is 0 Å². The SMILES string of the molecule is CC(C)n1cnnc1-c1cccc(N2C(=O)c3ccc(-c4ccc(C5CC5)nc4)cc3C2=O)n1. The molecule has 3 aromatic heterocycles. The van der Waals surface area contributed by atoms with Crippen molar-refractivity contribution in [3.63, 3.8) is 0 Å². The van der Waals surface area contributed by atoms with Crippen LogP contribution in [0.1, 0.15) is 65.1 Å². The number of benzene rings is 1. The Hall–Kier alpha value is -4.20. The van der Waals surface area contributed by atoms with Gasteiger partial charge in [0, 0.05) is 29.4 Å². The molecule has 8 heteroatoms. The third kappa shape index (κ3) is 3.30. The second-order valence-electron chi connectivity index (χ2n) is 8.99. The van der Waals surface area contributed by atoms with Gasteiger partial charge in [0.2, 0.25) is 0 Å². The number of carbonyl (C=O) groups excluding carboxylic acids is 2. The van der Waals surface area contributed by atoms with Crippen LogP contribution in [0.15, 0.2) is 61.1 Å². The van der Waals surface area contributed by atoms with Crippen LogP contribution in [-0.2, 0) is 0 Å². The first kappa shape index (κ1) is 20.4. The largest absolute Gasteiger partial charge is 0.310 e. The van der Waals surface area contributed by atoms with Gasteiger partial charge in [-0.15, -0.1) is 10.2 Å². The van der Waals surface area contributed by atoms with Crippen molar-refractivity contribution in [2.24, 2.45) is 0 Å². The van der Waals surface area contributed by atoms with Crippen LogP contribution in [-0.4, -0.2) is 36.5 Å². The van der Waals surface area contributed by atoms with Gasteiger partial charge < -0.3 is 4.57 Å². The third-order valence-electron chi connectivity index (χ3n) is 6.32. The fourth-order valence-electron chi connectivity index (χ4n) is 4.30. The van der Waals surface area contributed by atoms with Gasteiger partial charge in [0.1, 0.15) is 17.8 Å². The van der Waals surface area contributed by atoms with Gasteiger partial charge in [-0.25, -0.2) is 9.88 Å². The summed E-state index contributed by atoms with van der Waals surface area (Å²) in [5.74, 6) is 0.652. The first-order valence-electron chi connectivity index (χ1n) is 11.4. The van der Waals surface area contributed by atoms with Crippen molar-refractivity contribution in [3.05, 3.63) is 77.9 Å². The molecule has 0 spiro atoms. The molecule has 0 N–H and O–H groups in total. The number of hydrogen-bond donors (Lipinski definition) is 0. The maximum absolute atomic E-state index is 13.3. The minimum atomic E-state index is -0.389. The van der Waals surface area contributed by atoms with Crippen LogP contribution in [0.25, 0.3) is 22.6 Å². The Kier molecular flexibility index (Phi) is 4.62. The van der Waals surface area contributed by atoms with E-state index in [0.29, 0.717) is 28.6 Å². The Labute approximate surface area is 196 Å². The predicted octanol–water partition coefficient (Wildman–Crippen LogP) is 4.66. The summed E-state index contributed by atoms with van der Waals surface area (Å²) in [6, 6.07) is 14.8. The van der Waals surface area contributed by atoms with Crippen LogP contribution in [0.2, 0.25) is 0 Å². The van der Waals surface area contributed by atoms with E-state index in [4.69, 9.17) is 0 Å². The lowest BCUT2D eigenvalue weighted by molar-refractivity contribution is 0.0925. The number of pyridine rings is 2. The van der Waals surface area contributed by atoms with Crippen LogP contribution in [0.5, 0.6) is 0 Å². The zero-order valence-electron chi connectivity index (χ0n) is 18.8. The molecule has 0 atom stereocenters. The molecule has 1 fully saturated rings. The number of rotatable bonds is 5. The predicted molar refractivity (Wildman–Crippen MR) is 126 cm³/mol. The standard InChI is InChI=1S/C26H22N6O2/c1-15(2)31-14-28-30-24(31)22-4-3-5-23(29-22)32-25(33)19-10-8-17(12-20(19)26(32)34)18-9-11-21(27-13-18)16-6-7-16/h3-5,8-16H,6-7H2,1-2H3. The van der Waals surface area contributed by atoms with E-state index in [-0.39, 0.29) is 23.7 Å².